The van der Waals surface area contributed by atoms with Crippen LogP contribution in [0, 0.1) is 0 Å². The zero-order valence-electron chi connectivity index (χ0n) is 11.1. The van der Waals surface area contributed by atoms with Crippen molar-refractivity contribution in [3.8, 4) is 0 Å². The Bertz CT molecular complexity index is 297. The van der Waals surface area contributed by atoms with Crippen molar-refractivity contribution in [2.75, 3.05) is 13.2 Å². The van der Waals surface area contributed by atoms with Crippen LogP contribution in [0.3, 0.4) is 0 Å². The number of carbonyl (C=O) groups excluding carboxylic acids is 1. The van der Waals surface area contributed by atoms with Crippen molar-refractivity contribution in [2.45, 2.75) is 25.8 Å². The average molecular weight is 276 g/mol. The number of rotatable bonds is 6. The van der Waals surface area contributed by atoms with Crippen LogP contribution in [0.5, 0.6) is 0 Å². The van der Waals surface area contributed by atoms with Crippen LogP contribution in [0.4, 0.5) is 0 Å². The van der Waals surface area contributed by atoms with Crippen LogP contribution in [-0.2, 0) is 9.53 Å². The molecule has 0 aliphatic carbocycles. The smallest absolute Gasteiger partial charge is 0.322 e. The molecular weight excluding hydrogens is 252 g/mol. The van der Waals surface area contributed by atoms with Gasteiger partial charge < -0.3 is 39.2 Å². The molecule has 0 aromatic heterocycles. The molecule has 112 valence electrons. The van der Waals surface area contributed by atoms with Crippen molar-refractivity contribution in [1.82, 2.24) is 0 Å². The fourth-order valence-corrected chi connectivity index (χ4v) is 0.887. The molecule has 0 aliphatic heterocycles. The van der Waals surface area contributed by atoms with Crippen LogP contribution < -0.4 is 34.5 Å². The van der Waals surface area contributed by atoms with E-state index in [4.69, 9.17) is 33.4 Å². The molecule has 0 aromatic rings. The van der Waals surface area contributed by atoms with E-state index < -0.39 is 6.04 Å². The van der Waals surface area contributed by atoms with Crippen LogP contribution in [0.25, 0.3) is 0 Å². The first-order chi connectivity index (χ1) is 8.84. The number of hydrogen-bond acceptors (Lipinski definition) is 6. The first-order valence-electron chi connectivity index (χ1n) is 5.61. The van der Waals surface area contributed by atoms with E-state index in [1.165, 1.54) is 0 Å². The molecule has 1 unspecified atom stereocenters. The quantitative estimate of drug-likeness (QED) is 0.0736. The van der Waals surface area contributed by atoms with Crippen LogP contribution >= 0.6 is 0 Å². The molecule has 10 heteroatoms. The Kier molecular flexibility index (Phi) is 12.3. The van der Waals surface area contributed by atoms with Gasteiger partial charge in [-0.25, -0.2) is 0 Å². The van der Waals surface area contributed by atoms with Crippen molar-refractivity contribution < 1.29 is 9.53 Å². The number of ether oxygens (including phenoxy) is 1. The highest BCUT2D eigenvalue weighted by atomic mass is 16.5. The van der Waals surface area contributed by atoms with Gasteiger partial charge in [0.1, 0.15) is 6.04 Å². The van der Waals surface area contributed by atoms with E-state index in [1.807, 2.05) is 0 Å². The monoisotopic (exact) mass is 276 g/mol. The predicted octanol–water partition coefficient (Wildman–Crippen LogP) is -2.94. The van der Waals surface area contributed by atoms with Crippen molar-refractivity contribution >= 4 is 17.9 Å². The second-order valence-corrected chi connectivity index (χ2v) is 3.36. The molecule has 19 heavy (non-hydrogen) atoms. The zero-order chi connectivity index (χ0) is 15.3. The van der Waals surface area contributed by atoms with Gasteiger partial charge in [0.2, 0.25) is 5.96 Å². The summed E-state index contributed by atoms with van der Waals surface area (Å²) in [6.45, 7) is 2.57. The normalized spacial score (nSPS) is 10.4. The van der Waals surface area contributed by atoms with E-state index in [9.17, 15) is 4.79 Å². The second-order valence-electron chi connectivity index (χ2n) is 3.36. The molecule has 12 N–H and O–H groups in total. The van der Waals surface area contributed by atoms with Gasteiger partial charge in [-0.2, -0.15) is 0 Å². The first-order valence-corrected chi connectivity index (χ1v) is 5.61. The lowest BCUT2D eigenvalue weighted by atomic mass is 10.2. The fourth-order valence-electron chi connectivity index (χ4n) is 0.887. The van der Waals surface area contributed by atoms with Gasteiger partial charge in [0.15, 0.2) is 5.96 Å². The Morgan fingerprint density at radius 3 is 2.11 bits per heavy atom. The summed E-state index contributed by atoms with van der Waals surface area (Å²) in [5.41, 5.74) is 25.2. The maximum Gasteiger partial charge on any atom is 0.322 e. The summed E-state index contributed by atoms with van der Waals surface area (Å²) >= 11 is 0. The third-order valence-corrected chi connectivity index (χ3v) is 1.71. The van der Waals surface area contributed by atoms with Gasteiger partial charge in [-0.1, -0.05) is 0 Å². The third kappa shape index (κ3) is 15.8. The summed E-state index contributed by atoms with van der Waals surface area (Å²) in [5.74, 6) is 4.09. The minimum atomic E-state index is -0.579. The lowest BCUT2D eigenvalue weighted by Gasteiger charge is -2.08. The molecule has 0 rings (SSSR count). The standard InChI is InChI=1S/C8H18N4O2.CH6N4/c1-2-14-7(13)6(9)4-3-5-12-8(10)11;2-1(3)5-4/h6H,2-5,9H2,1H3,(H4,10,11,12);4H2,(H4,2,3,5). The molecule has 0 heterocycles. The van der Waals surface area contributed by atoms with Gasteiger partial charge in [0, 0.05) is 6.54 Å². The number of nitrogens with two attached hydrogens (primary N) is 6. The number of aliphatic imine (C=N–C) groups is 1. The summed E-state index contributed by atoms with van der Waals surface area (Å²) in [5, 5.41) is 2.86. The Morgan fingerprint density at radius 1 is 1.21 bits per heavy atom. The topological polar surface area (TPSA) is 207 Å². The molecule has 0 aromatic carbocycles. The maximum absolute atomic E-state index is 11.0. The van der Waals surface area contributed by atoms with Gasteiger partial charge in [-0.15, -0.1) is 5.10 Å². The van der Waals surface area contributed by atoms with E-state index in [2.05, 4.69) is 15.9 Å². The Hall–Kier alpha value is -2.23. The van der Waals surface area contributed by atoms with Crippen LogP contribution in [0.15, 0.2) is 10.1 Å². The molecule has 0 saturated carbocycles. The van der Waals surface area contributed by atoms with E-state index in [-0.39, 0.29) is 17.9 Å². The van der Waals surface area contributed by atoms with E-state index in [0.717, 1.165) is 0 Å². The van der Waals surface area contributed by atoms with Crippen molar-refractivity contribution in [3.63, 3.8) is 0 Å². The number of nitrogens with zero attached hydrogens (tertiary/aromatic N) is 2. The lowest BCUT2D eigenvalue weighted by molar-refractivity contribution is -0.144. The average Bonchev–Trinajstić information content (AvgIpc) is 2.35. The molecule has 0 amide bonds. The summed E-state index contributed by atoms with van der Waals surface area (Å²) in [6.07, 6.45) is 1.19. The highest BCUT2D eigenvalue weighted by Crippen LogP contribution is 1.97. The summed E-state index contributed by atoms with van der Waals surface area (Å²) in [6, 6.07) is -0.579. The maximum atomic E-state index is 11.0. The highest BCUT2D eigenvalue weighted by Gasteiger charge is 2.13. The molecule has 0 aliphatic rings. The first kappa shape index (κ1) is 19.1. The summed E-state index contributed by atoms with van der Waals surface area (Å²) in [4.78, 5) is 14.8. The fraction of sp³-hybridized carbons (Fsp3) is 0.667. The molecular formula is C9H24N8O2. The van der Waals surface area contributed by atoms with Crippen molar-refractivity contribution in [1.29, 1.82) is 0 Å². The summed E-state index contributed by atoms with van der Waals surface area (Å²) in [7, 11) is 0. The van der Waals surface area contributed by atoms with Gasteiger partial charge >= 0.3 is 5.97 Å². The van der Waals surface area contributed by atoms with Crippen molar-refractivity contribution in [3.05, 3.63) is 0 Å². The molecule has 1 atom stereocenters. The minimum absolute atomic E-state index is 0.0507. The van der Waals surface area contributed by atoms with Gasteiger partial charge in [-0.05, 0) is 19.8 Å². The number of carbonyl (C=O) groups is 1. The third-order valence-electron chi connectivity index (χ3n) is 1.71. The summed E-state index contributed by atoms with van der Waals surface area (Å²) < 4.78 is 4.73. The van der Waals surface area contributed by atoms with E-state index in [1.54, 1.807) is 6.92 Å². The van der Waals surface area contributed by atoms with Crippen LogP contribution in [-0.4, -0.2) is 37.1 Å². The van der Waals surface area contributed by atoms with Crippen molar-refractivity contribution in [2.24, 2.45) is 44.6 Å². The zero-order valence-corrected chi connectivity index (χ0v) is 11.1. The molecule has 0 fully saturated rings. The highest BCUT2D eigenvalue weighted by molar-refractivity contribution is 5.76. The van der Waals surface area contributed by atoms with Gasteiger partial charge in [-0.3, -0.25) is 9.79 Å². The SMILES string of the molecule is CCOC(=O)C(N)CCCN=C(N)N.NN=C(N)N. The minimum Gasteiger partial charge on any atom is -0.465 e. The number of esters is 1. The number of hydrazone groups is 1. The number of guanidine groups is 2. The van der Waals surface area contributed by atoms with E-state index >= 15 is 0 Å². The largest absolute Gasteiger partial charge is 0.465 e. The molecule has 0 spiro atoms. The molecule has 10 nitrogen and oxygen atoms in total. The molecule has 0 radical (unpaired) electrons. The Morgan fingerprint density at radius 2 is 1.74 bits per heavy atom. The van der Waals surface area contributed by atoms with Crippen LogP contribution in [0.1, 0.15) is 19.8 Å². The van der Waals surface area contributed by atoms with Crippen LogP contribution in [0.2, 0.25) is 0 Å². The second kappa shape index (κ2) is 12.2. The molecule has 0 bridgehead atoms. The molecule has 0 saturated heterocycles. The lowest BCUT2D eigenvalue weighted by Crippen LogP contribution is -2.32. The predicted molar refractivity (Wildman–Crippen MR) is 74.5 cm³/mol. The van der Waals surface area contributed by atoms with Gasteiger partial charge in [0.05, 0.1) is 6.61 Å². The Labute approximate surface area is 112 Å². The number of hydrogen-bond donors (Lipinski definition) is 6. The van der Waals surface area contributed by atoms with Gasteiger partial charge in [0.25, 0.3) is 0 Å². The Balaban J connectivity index is 0. The van der Waals surface area contributed by atoms with E-state index in [0.29, 0.717) is 26.0 Å².